The summed E-state index contributed by atoms with van der Waals surface area (Å²) in [6, 6.07) is 0. The van der Waals surface area contributed by atoms with Crippen molar-refractivity contribution in [2.75, 3.05) is 0 Å². The van der Waals surface area contributed by atoms with Gasteiger partial charge in [-0.3, -0.25) is 0 Å². The van der Waals surface area contributed by atoms with Gasteiger partial charge in [-0.2, -0.15) is 0 Å². The Balaban J connectivity index is 1.67. The molecule has 0 aromatic heterocycles. The number of hydrogen-bond acceptors (Lipinski definition) is 2. The van der Waals surface area contributed by atoms with E-state index in [0.717, 1.165) is 36.2 Å². The lowest BCUT2D eigenvalue weighted by Crippen LogP contribution is -2.50. The maximum absolute atomic E-state index is 12.1. The van der Waals surface area contributed by atoms with Gasteiger partial charge in [0, 0.05) is 5.57 Å². The summed E-state index contributed by atoms with van der Waals surface area (Å²) in [6.45, 7) is 3.95. The lowest BCUT2D eigenvalue weighted by atomic mass is 9.53. The summed E-state index contributed by atoms with van der Waals surface area (Å²) in [4.78, 5) is 12.1. The van der Waals surface area contributed by atoms with Crippen molar-refractivity contribution in [2.24, 2.45) is 23.7 Å². The molecule has 4 saturated carbocycles. The molecule has 4 aliphatic carbocycles. The topological polar surface area (TPSA) is 26.3 Å². The Morgan fingerprint density at radius 3 is 2.60 bits per heavy atom. The summed E-state index contributed by atoms with van der Waals surface area (Å²) in [5, 5.41) is 0. The molecule has 112 valence electrons. The summed E-state index contributed by atoms with van der Waals surface area (Å²) in [5.74, 6) is 3.22. The van der Waals surface area contributed by atoms with Gasteiger partial charge >= 0.3 is 5.97 Å². The van der Waals surface area contributed by atoms with Gasteiger partial charge in [0.15, 0.2) is 0 Å². The van der Waals surface area contributed by atoms with Crippen molar-refractivity contribution < 1.29 is 9.53 Å². The molecule has 4 aliphatic rings. The fourth-order valence-electron chi connectivity index (χ4n) is 5.12. The van der Waals surface area contributed by atoms with Crippen LogP contribution in [0.1, 0.15) is 65.2 Å². The molecular weight excluding hydrogens is 248 g/mol. The maximum atomic E-state index is 12.1. The van der Waals surface area contributed by atoms with E-state index in [-0.39, 0.29) is 12.1 Å². The van der Waals surface area contributed by atoms with Gasteiger partial charge in [-0.15, -0.1) is 0 Å². The highest BCUT2D eigenvalue weighted by Gasteiger charge is 2.50. The predicted molar refractivity (Wildman–Crippen MR) is 80.2 cm³/mol. The van der Waals surface area contributed by atoms with Gasteiger partial charge in [0.1, 0.15) is 6.10 Å². The molecule has 0 amide bonds. The van der Waals surface area contributed by atoms with Gasteiger partial charge in [0.05, 0.1) is 0 Å². The Morgan fingerprint density at radius 2 is 1.85 bits per heavy atom. The second kappa shape index (κ2) is 5.91. The van der Waals surface area contributed by atoms with Crippen LogP contribution in [-0.4, -0.2) is 12.1 Å². The Bertz CT molecular complexity index is 398. The molecule has 0 N–H and O–H groups in total. The molecule has 0 aromatic rings. The summed E-state index contributed by atoms with van der Waals surface area (Å²) in [6.07, 6.45) is 12.5. The van der Waals surface area contributed by atoms with Gasteiger partial charge in [-0.25, -0.2) is 4.79 Å². The van der Waals surface area contributed by atoms with Crippen molar-refractivity contribution in [3.05, 3.63) is 11.6 Å². The first kappa shape index (κ1) is 14.2. The Labute approximate surface area is 123 Å². The molecule has 4 fully saturated rings. The summed E-state index contributed by atoms with van der Waals surface area (Å²) in [5.41, 5.74) is 0.786. The molecule has 0 radical (unpaired) electrons. The molecule has 0 aliphatic heterocycles. The normalized spacial score (nSPS) is 40.3. The Morgan fingerprint density at radius 1 is 1.10 bits per heavy atom. The van der Waals surface area contributed by atoms with E-state index in [1.165, 1.54) is 38.5 Å². The van der Waals surface area contributed by atoms with Crippen molar-refractivity contribution in [1.82, 2.24) is 0 Å². The maximum Gasteiger partial charge on any atom is 0.333 e. The number of carbonyl (C=O) groups excluding carboxylic acids is 1. The average molecular weight is 276 g/mol. The zero-order valence-corrected chi connectivity index (χ0v) is 12.9. The molecule has 5 atom stereocenters. The average Bonchev–Trinajstić information content (AvgIpc) is 2.48. The molecule has 5 unspecified atom stereocenters. The molecule has 0 saturated heterocycles. The smallest absolute Gasteiger partial charge is 0.333 e. The highest BCUT2D eigenvalue weighted by molar-refractivity contribution is 5.87. The number of carbonyl (C=O) groups is 1. The van der Waals surface area contributed by atoms with Crippen LogP contribution >= 0.6 is 0 Å². The van der Waals surface area contributed by atoms with Crippen LogP contribution in [0.25, 0.3) is 0 Å². The molecule has 2 nitrogen and oxygen atoms in total. The van der Waals surface area contributed by atoms with E-state index >= 15 is 0 Å². The zero-order valence-electron chi connectivity index (χ0n) is 12.9. The van der Waals surface area contributed by atoms with E-state index in [4.69, 9.17) is 4.74 Å². The first-order valence-corrected chi connectivity index (χ1v) is 8.58. The van der Waals surface area contributed by atoms with Crippen LogP contribution < -0.4 is 0 Å². The number of fused-ring (bicyclic) bond motifs is 2. The van der Waals surface area contributed by atoms with Crippen molar-refractivity contribution in [3.8, 4) is 0 Å². The van der Waals surface area contributed by atoms with E-state index < -0.39 is 0 Å². The number of ether oxygens (including phenoxy) is 1. The summed E-state index contributed by atoms with van der Waals surface area (Å²) in [7, 11) is 0. The van der Waals surface area contributed by atoms with E-state index in [1.807, 2.05) is 13.0 Å². The minimum atomic E-state index is -0.0724. The van der Waals surface area contributed by atoms with Crippen LogP contribution in [0.15, 0.2) is 11.6 Å². The van der Waals surface area contributed by atoms with Gasteiger partial charge in [0.2, 0.25) is 0 Å². The van der Waals surface area contributed by atoms with E-state index in [1.54, 1.807) is 0 Å². The Hall–Kier alpha value is -0.790. The second-order valence-electron chi connectivity index (χ2n) is 7.09. The van der Waals surface area contributed by atoms with Crippen LogP contribution in [0.4, 0.5) is 0 Å². The monoisotopic (exact) mass is 276 g/mol. The third-order valence-corrected chi connectivity index (χ3v) is 6.00. The van der Waals surface area contributed by atoms with Crippen LogP contribution in [0.5, 0.6) is 0 Å². The molecule has 2 heteroatoms. The molecule has 4 rings (SSSR count). The SMILES string of the molecule is CC/C=C(\C)C(=O)OC1CC2CCC1C1CCCCC21. The van der Waals surface area contributed by atoms with E-state index in [2.05, 4.69) is 6.92 Å². The van der Waals surface area contributed by atoms with Gasteiger partial charge < -0.3 is 4.74 Å². The first-order chi connectivity index (χ1) is 9.70. The first-order valence-electron chi connectivity index (χ1n) is 8.58. The minimum Gasteiger partial charge on any atom is -0.459 e. The van der Waals surface area contributed by atoms with Gasteiger partial charge in [-0.05, 0) is 69.1 Å². The van der Waals surface area contributed by atoms with Crippen molar-refractivity contribution in [2.45, 2.75) is 71.3 Å². The molecular formula is C18H28O2. The van der Waals surface area contributed by atoms with Gasteiger partial charge in [0.25, 0.3) is 0 Å². The standard InChI is InChI=1S/C18H28O2/c1-3-6-12(2)18(19)20-17-11-13-9-10-16(17)15-8-5-4-7-14(13)15/h6,13-17H,3-5,7-11H2,1-2H3/b12-6+. The molecule has 20 heavy (non-hydrogen) atoms. The lowest BCUT2D eigenvalue weighted by Gasteiger charge is -2.54. The van der Waals surface area contributed by atoms with Crippen LogP contribution in [0, 0.1) is 23.7 Å². The fourth-order valence-corrected chi connectivity index (χ4v) is 5.12. The third-order valence-electron chi connectivity index (χ3n) is 6.00. The van der Waals surface area contributed by atoms with Crippen LogP contribution in [-0.2, 0) is 9.53 Å². The number of allylic oxidation sites excluding steroid dienone is 1. The van der Waals surface area contributed by atoms with Crippen molar-refractivity contribution in [1.29, 1.82) is 0 Å². The van der Waals surface area contributed by atoms with Crippen LogP contribution in [0.2, 0.25) is 0 Å². The summed E-state index contributed by atoms with van der Waals surface area (Å²) >= 11 is 0. The minimum absolute atomic E-state index is 0.0724. The lowest BCUT2D eigenvalue weighted by molar-refractivity contribution is -0.163. The largest absolute Gasteiger partial charge is 0.459 e. The fraction of sp³-hybridized carbons (Fsp3) is 0.833. The predicted octanol–water partition coefficient (Wildman–Crippen LogP) is 4.49. The van der Waals surface area contributed by atoms with E-state index in [0.29, 0.717) is 5.92 Å². The quantitative estimate of drug-likeness (QED) is 0.561. The highest BCUT2D eigenvalue weighted by Crippen LogP contribution is 2.55. The summed E-state index contributed by atoms with van der Waals surface area (Å²) < 4.78 is 5.88. The molecule has 2 bridgehead atoms. The number of hydrogen-bond donors (Lipinski definition) is 0. The van der Waals surface area contributed by atoms with Crippen LogP contribution in [0.3, 0.4) is 0 Å². The molecule has 0 aromatic carbocycles. The third kappa shape index (κ3) is 2.54. The van der Waals surface area contributed by atoms with Gasteiger partial charge in [-0.1, -0.05) is 25.8 Å². The van der Waals surface area contributed by atoms with E-state index in [9.17, 15) is 4.79 Å². The Kier molecular flexibility index (Phi) is 4.18. The zero-order chi connectivity index (χ0) is 14.1. The number of rotatable bonds is 3. The molecule has 0 spiro atoms. The highest BCUT2D eigenvalue weighted by atomic mass is 16.5. The molecule has 0 heterocycles. The van der Waals surface area contributed by atoms with Crippen molar-refractivity contribution in [3.63, 3.8) is 0 Å². The number of esters is 1. The second-order valence-corrected chi connectivity index (χ2v) is 7.09. The van der Waals surface area contributed by atoms with Crippen molar-refractivity contribution >= 4 is 5.97 Å².